The topological polar surface area (TPSA) is 34.1 Å². The van der Waals surface area contributed by atoms with E-state index in [0.717, 1.165) is 0 Å². The van der Waals surface area contributed by atoms with E-state index in [9.17, 15) is 9.59 Å². The summed E-state index contributed by atoms with van der Waals surface area (Å²) in [5.41, 5.74) is 0. The third-order valence-corrected chi connectivity index (χ3v) is 2.86. The largest absolute Gasteiger partial charge is 0.299 e. The Balaban J connectivity index is 1.78. The molecule has 2 aliphatic rings. The number of carbonyl (C=O) groups is 2. The summed E-state index contributed by atoms with van der Waals surface area (Å²) >= 11 is 0. The van der Waals surface area contributed by atoms with E-state index in [1.807, 2.05) is 48.6 Å². The highest BCUT2D eigenvalue weighted by molar-refractivity contribution is 5.91. The van der Waals surface area contributed by atoms with Crippen molar-refractivity contribution in [2.45, 2.75) is 12.8 Å². The summed E-state index contributed by atoms with van der Waals surface area (Å²) in [7, 11) is 0. The maximum absolute atomic E-state index is 11.7. The van der Waals surface area contributed by atoms with Crippen molar-refractivity contribution in [3.63, 3.8) is 0 Å². The molecule has 2 aliphatic carbocycles. The van der Waals surface area contributed by atoms with Crippen LogP contribution in [-0.4, -0.2) is 11.6 Å². The molecule has 0 aromatic rings. The second-order valence-electron chi connectivity index (χ2n) is 4.02. The molecule has 0 bridgehead atoms. The Morgan fingerprint density at radius 1 is 0.688 bits per heavy atom. The molecule has 0 N–H and O–H groups in total. The Morgan fingerprint density at radius 2 is 1.00 bits per heavy atom. The molecule has 0 saturated carbocycles. The van der Waals surface area contributed by atoms with Gasteiger partial charge in [0.25, 0.3) is 0 Å². The lowest BCUT2D eigenvalue weighted by Gasteiger charge is -2.06. The minimum absolute atomic E-state index is 0.109. The molecule has 0 atom stereocenters. The molecular formula is C14H14O2. The first-order valence-corrected chi connectivity index (χ1v) is 5.53. The highest BCUT2D eigenvalue weighted by atomic mass is 16.1. The molecule has 0 aromatic heterocycles. The van der Waals surface area contributed by atoms with Crippen molar-refractivity contribution < 1.29 is 9.59 Å². The van der Waals surface area contributed by atoms with Gasteiger partial charge in [0.05, 0.1) is 11.8 Å². The molecule has 82 valence electrons. The molecular weight excluding hydrogens is 200 g/mol. The second-order valence-corrected chi connectivity index (χ2v) is 4.02. The highest BCUT2D eigenvalue weighted by Crippen LogP contribution is 2.16. The minimum atomic E-state index is -0.109. The van der Waals surface area contributed by atoms with Gasteiger partial charge in [-0.3, -0.25) is 9.59 Å². The van der Waals surface area contributed by atoms with Crippen LogP contribution in [0.4, 0.5) is 0 Å². The summed E-state index contributed by atoms with van der Waals surface area (Å²) in [6.07, 6.45) is 15.6. The Labute approximate surface area is 95.0 Å². The zero-order valence-corrected chi connectivity index (χ0v) is 9.00. The molecule has 0 amide bonds. The number of hydrogen-bond acceptors (Lipinski definition) is 2. The van der Waals surface area contributed by atoms with Gasteiger partial charge in [-0.2, -0.15) is 0 Å². The third-order valence-electron chi connectivity index (χ3n) is 2.86. The molecule has 2 heteroatoms. The van der Waals surface area contributed by atoms with Crippen LogP contribution in [0.15, 0.2) is 48.6 Å². The summed E-state index contributed by atoms with van der Waals surface area (Å²) < 4.78 is 0. The van der Waals surface area contributed by atoms with E-state index < -0.39 is 0 Å². The van der Waals surface area contributed by atoms with E-state index in [-0.39, 0.29) is 23.4 Å². The first kappa shape index (κ1) is 10.8. The monoisotopic (exact) mass is 214 g/mol. The van der Waals surface area contributed by atoms with Gasteiger partial charge in [-0.05, 0) is 0 Å². The predicted octanol–water partition coefficient (Wildman–Crippen LogP) is 2.39. The van der Waals surface area contributed by atoms with Gasteiger partial charge in [-0.25, -0.2) is 0 Å². The number of allylic oxidation sites excluding steroid dienone is 8. The van der Waals surface area contributed by atoms with Crippen LogP contribution in [0.2, 0.25) is 0 Å². The summed E-state index contributed by atoms with van der Waals surface area (Å²) in [5.74, 6) is 0.0403. The number of hydrogen-bond donors (Lipinski definition) is 0. The smallest absolute Gasteiger partial charge is 0.143 e. The van der Waals surface area contributed by atoms with Gasteiger partial charge in [-0.1, -0.05) is 48.6 Å². The minimum Gasteiger partial charge on any atom is -0.299 e. The Morgan fingerprint density at radius 3 is 1.31 bits per heavy atom. The zero-order valence-electron chi connectivity index (χ0n) is 9.00. The van der Waals surface area contributed by atoms with E-state index in [0.29, 0.717) is 12.8 Å². The highest BCUT2D eigenvalue weighted by Gasteiger charge is 2.18. The molecule has 0 spiro atoms. The normalized spacial score (nSPS) is 18.8. The second kappa shape index (κ2) is 4.88. The van der Waals surface area contributed by atoms with E-state index in [1.165, 1.54) is 0 Å². The summed E-state index contributed by atoms with van der Waals surface area (Å²) in [4.78, 5) is 23.3. The summed E-state index contributed by atoms with van der Waals surface area (Å²) in [6.45, 7) is 0. The first-order valence-electron chi connectivity index (χ1n) is 5.53. The zero-order chi connectivity index (χ0) is 11.4. The molecule has 0 radical (unpaired) electrons. The fourth-order valence-electron chi connectivity index (χ4n) is 1.87. The maximum atomic E-state index is 11.7. The van der Waals surface area contributed by atoms with Crippen LogP contribution in [0, 0.1) is 11.8 Å². The predicted molar refractivity (Wildman–Crippen MR) is 62.8 cm³/mol. The van der Waals surface area contributed by atoms with Crippen molar-refractivity contribution >= 4 is 11.6 Å². The van der Waals surface area contributed by atoms with Gasteiger partial charge in [0, 0.05) is 12.8 Å². The van der Waals surface area contributed by atoms with E-state index >= 15 is 0 Å². The first-order chi connectivity index (χ1) is 7.77. The summed E-state index contributed by atoms with van der Waals surface area (Å²) in [5, 5.41) is 0. The average Bonchev–Trinajstić information content (AvgIpc) is 2.95. The number of carbonyl (C=O) groups excluding carboxylic acids is 2. The fraction of sp³-hybridized carbons (Fsp3) is 0.286. The Bertz CT molecular complexity index is 346. The van der Waals surface area contributed by atoms with Crippen molar-refractivity contribution in [3.05, 3.63) is 48.6 Å². The van der Waals surface area contributed by atoms with Gasteiger partial charge in [-0.15, -0.1) is 0 Å². The van der Waals surface area contributed by atoms with E-state index in [4.69, 9.17) is 0 Å². The standard InChI is InChI=1S/C14H14O2/c15-13(11-5-1-2-6-11)9-10-14(16)12-7-3-4-8-12/h1-8,11-12H,9-10H2. The van der Waals surface area contributed by atoms with Gasteiger partial charge in [0.15, 0.2) is 0 Å². The molecule has 2 rings (SSSR count). The Kier molecular flexibility index (Phi) is 3.30. The van der Waals surface area contributed by atoms with Gasteiger partial charge >= 0.3 is 0 Å². The lowest BCUT2D eigenvalue weighted by atomic mass is 9.96. The van der Waals surface area contributed by atoms with E-state index in [2.05, 4.69) is 0 Å². The molecule has 0 heterocycles. The number of ketones is 2. The Hall–Kier alpha value is -1.70. The molecule has 0 aliphatic heterocycles. The number of rotatable bonds is 5. The van der Waals surface area contributed by atoms with Crippen molar-refractivity contribution in [1.29, 1.82) is 0 Å². The van der Waals surface area contributed by atoms with Crippen LogP contribution in [0.25, 0.3) is 0 Å². The van der Waals surface area contributed by atoms with Crippen molar-refractivity contribution in [3.8, 4) is 0 Å². The van der Waals surface area contributed by atoms with E-state index in [1.54, 1.807) is 0 Å². The lowest BCUT2D eigenvalue weighted by molar-refractivity contribution is -0.125. The van der Waals surface area contributed by atoms with Crippen LogP contribution in [0.5, 0.6) is 0 Å². The van der Waals surface area contributed by atoms with Gasteiger partial charge < -0.3 is 0 Å². The number of Topliss-reactive ketones (excluding diaryl/α,β-unsaturated/α-hetero) is 2. The fourth-order valence-corrected chi connectivity index (χ4v) is 1.87. The molecule has 2 nitrogen and oxygen atoms in total. The molecule has 0 saturated heterocycles. The molecule has 0 fully saturated rings. The van der Waals surface area contributed by atoms with Crippen molar-refractivity contribution in [2.24, 2.45) is 11.8 Å². The average molecular weight is 214 g/mol. The van der Waals surface area contributed by atoms with Crippen molar-refractivity contribution in [1.82, 2.24) is 0 Å². The van der Waals surface area contributed by atoms with Crippen LogP contribution < -0.4 is 0 Å². The van der Waals surface area contributed by atoms with Crippen LogP contribution in [-0.2, 0) is 9.59 Å². The lowest BCUT2D eigenvalue weighted by Crippen LogP contribution is -2.14. The SMILES string of the molecule is O=C(CCC(=O)C1C=CC=C1)C1C=CC=C1. The quantitative estimate of drug-likeness (QED) is 0.704. The van der Waals surface area contributed by atoms with Crippen LogP contribution in [0.3, 0.4) is 0 Å². The van der Waals surface area contributed by atoms with Crippen LogP contribution in [0.1, 0.15) is 12.8 Å². The third kappa shape index (κ3) is 2.45. The van der Waals surface area contributed by atoms with Crippen LogP contribution >= 0.6 is 0 Å². The van der Waals surface area contributed by atoms with Crippen molar-refractivity contribution in [2.75, 3.05) is 0 Å². The van der Waals surface area contributed by atoms with Gasteiger partial charge in [0.2, 0.25) is 0 Å². The molecule has 0 unspecified atom stereocenters. The molecule has 0 aromatic carbocycles. The molecule has 16 heavy (non-hydrogen) atoms. The maximum Gasteiger partial charge on any atom is 0.143 e. The summed E-state index contributed by atoms with van der Waals surface area (Å²) in [6, 6.07) is 0. The van der Waals surface area contributed by atoms with Gasteiger partial charge in [0.1, 0.15) is 11.6 Å².